The largest absolute Gasteiger partial charge is 0.480 e. The molecule has 0 aliphatic heterocycles. The summed E-state index contributed by atoms with van der Waals surface area (Å²) >= 11 is 0. The maximum Gasteiger partial charge on any atom is 0.329 e. The Bertz CT molecular complexity index is 336. The summed E-state index contributed by atoms with van der Waals surface area (Å²) in [6.07, 6.45) is 1.43. The lowest BCUT2D eigenvalue weighted by Gasteiger charge is -2.18. The number of hydrogen-bond donors (Lipinski definition) is 3. The molecule has 0 aromatic carbocycles. The van der Waals surface area contributed by atoms with Gasteiger partial charge in [-0.3, -0.25) is 4.98 Å². The summed E-state index contributed by atoms with van der Waals surface area (Å²) < 4.78 is 0. The second-order valence-corrected chi connectivity index (χ2v) is 2.98. The molecule has 0 saturated carbocycles. The zero-order valence-electron chi connectivity index (χ0n) is 7.19. The van der Waals surface area contributed by atoms with Gasteiger partial charge in [0.25, 0.3) is 0 Å². The summed E-state index contributed by atoms with van der Waals surface area (Å²) in [4.78, 5) is 14.6. The Balaban J connectivity index is 3.14. The molecule has 70 valence electrons. The smallest absolute Gasteiger partial charge is 0.329 e. The van der Waals surface area contributed by atoms with Crippen LogP contribution in [0.3, 0.4) is 0 Å². The lowest BCUT2D eigenvalue weighted by Crippen LogP contribution is -2.42. The summed E-state index contributed by atoms with van der Waals surface area (Å²) in [7, 11) is 0. The van der Waals surface area contributed by atoms with Crippen LogP contribution in [0.1, 0.15) is 12.6 Å². The van der Waals surface area contributed by atoms with E-state index in [1.807, 2.05) is 0 Å². The van der Waals surface area contributed by atoms with E-state index < -0.39 is 11.5 Å². The van der Waals surface area contributed by atoms with Crippen molar-refractivity contribution in [2.75, 3.05) is 5.73 Å². The zero-order chi connectivity index (χ0) is 10.1. The molecule has 5 N–H and O–H groups in total. The number of pyridine rings is 1. The van der Waals surface area contributed by atoms with Gasteiger partial charge in [-0.1, -0.05) is 0 Å². The molecule has 5 nitrogen and oxygen atoms in total. The van der Waals surface area contributed by atoms with Gasteiger partial charge in [-0.25, -0.2) is 4.79 Å². The van der Waals surface area contributed by atoms with Gasteiger partial charge in [0.1, 0.15) is 0 Å². The van der Waals surface area contributed by atoms with Gasteiger partial charge in [-0.2, -0.15) is 0 Å². The normalized spacial score (nSPS) is 14.9. The fraction of sp³-hybridized carbons (Fsp3) is 0.250. The van der Waals surface area contributed by atoms with E-state index in [9.17, 15) is 4.79 Å². The number of hydrogen-bond acceptors (Lipinski definition) is 4. The van der Waals surface area contributed by atoms with E-state index in [-0.39, 0.29) is 5.69 Å². The monoisotopic (exact) mass is 181 g/mol. The molecule has 1 heterocycles. The quantitative estimate of drug-likeness (QED) is 0.592. The van der Waals surface area contributed by atoms with Gasteiger partial charge in [0.05, 0.1) is 5.69 Å². The highest BCUT2D eigenvalue weighted by atomic mass is 16.4. The average Bonchev–Trinajstić information content (AvgIpc) is 2.04. The number of nitrogens with two attached hydrogens (primary N) is 2. The predicted octanol–water partition coefficient (Wildman–Crippen LogP) is -0.0777. The van der Waals surface area contributed by atoms with Crippen molar-refractivity contribution in [3.8, 4) is 0 Å². The number of carbonyl (C=O) groups is 1. The Kier molecular flexibility index (Phi) is 2.20. The highest BCUT2D eigenvalue weighted by molar-refractivity contribution is 5.79. The average molecular weight is 181 g/mol. The Labute approximate surface area is 75.4 Å². The number of rotatable bonds is 2. The third-order valence-electron chi connectivity index (χ3n) is 1.76. The summed E-state index contributed by atoms with van der Waals surface area (Å²) in [5.41, 5.74) is 10.2. The molecule has 0 aliphatic carbocycles. The minimum atomic E-state index is -1.49. The van der Waals surface area contributed by atoms with Gasteiger partial charge in [-0.15, -0.1) is 0 Å². The molecule has 1 aromatic heterocycles. The van der Waals surface area contributed by atoms with Gasteiger partial charge < -0.3 is 16.6 Å². The van der Waals surface area contributed by atoms with Gasteiger partial charge in [0.15, 0.2) is 5.54 Å². The van der Waals surface area contributed by atoms with E-state index in [2.05, 4.69) is 4.98 Å². The molecule has 1 rings (SSSR count). The minimum Gasteiger partial charge on any atom is -0.480 e. The van der Waals surface area contributed by atoms with Crippen molar-refractivity contribution < 1.29 is 9.90 Å². The lowest BCUT2D eigenvalue weighted by molar-refractivity contribution is -0.143. The predicted molar refractivity (Wildman–Crippen MR) is 47.8 cm³/mol. The van der Waals surface area contributed by atoms with Crippen LogP contribution < -0.4 is 11.5 Å². The van der Waals surface area contributed by atoms with Gasteiger partial charge >= 0.3 is 5.97 Å². The number of anilines is 1. The van der Waals surface area contributed by atoms with Crippen molar-refractivity contribution in [1.29, 1.82) is 0 Å². The van der Waals surface area contributed by atoms with Crippen molar-refractivity contribution in [1.82, 2.24) is 4.98 Å². The molecule has 0 bridgehead atoms. The van der Waals surface area contributed by atoms with Crippen LogP contribution >= 0.6 is 0 Å². The first kappa shape index (κ1) is 9.47. The standard InChI is InChI=1S/C8H11N3O2/c1-8(10,7(12)13)6-4-5(9)2-3-11-6/h2-4H,10H2,1H3,(H2,9,11)(H,12,13)/t8-/m0/s1. The number of aromatic nitrogens is 1. The topological polar surface area (TPSA) is 102 Å². The Hall–Kier alpha value is -1.62. The SMILES string of the molecule is C[C@@](N)(C(=O)O)c1cc(N)ccn1. The van der Waals surface area contributed by atoms with Crippen molar-refractivity contribution in [2.45, 2.75) is 12.5 Å². The summed E-state index contributed by atoms with van der Waals surface area (Å²) in [5, 5.41) is 8.78. The third kappa shape index (κ3) is 1.75. The van der Waals surface area contributed by atoms with Crippen molar-refractivity contribution in [2.24, 2.45) is 5.73 Å². The maximum absolute atomic E-state index is 10.7. The van der Waals surface area contributed by atoms with E-state index in [4.69, 9.17) is 16.6 Å². The van der Waals surface area contributed by atoms with E-state index >= 15 is 0 Å². The molecule has 0 amide bonds. The molecule has 5 heteroatoms. The van der Waals surface area contributed by atoms with E-state index in [1.165, 1.54) is 19.2 Å². The summed E-state index contributed by atoms with van der Waals surface area (Å²) in [6, 6.07) is 3.02. The zero-order valence-corrected chi connectivity index (χ0v) is 7.19. The van der Waals surface area contributed by atoms with Gasteiger partial charge in [-0.05, 0) is 19.1 Å². The van der Waals surface area contributed by atoms with Crippen LogP contribution in [0.4, 0.5) is 5.69 Å². The second kappa shape index (κ2) is 3.02. The molecule has 0 unspecified atom stereocenters. The molecule has 13 heavy (non-hydrogen) atoms. The number of aliphatic carboxylic acids is 1. The first-order valence-electron chi connectivity index (χ1n) is 3.69. The van der Waals surface area contributed by atoms with Gasteiger partial charge in [0, 0.05) is 11.9 Å². The summed E-state index contributed by atoms with van der Waals surface area (Å²) in [5.74, 6) is -1.13. The minimum absolute atomic E-state index is 0.250. The van der Waals surface area contributed by atoms with Crippen LogP contribution in [0.5, 0.6) is 0 Å². The van der Waals surface area contributed by atoms with Gasteiger partial charge in [0.2, 0.25) is 0 Å². The van der Waals surface area contributed by atoms with Crippen molar-refractivity contribution in [3.05, 3.63) is 24.0 Å². The van der Waals surface area contributed by atoms with Crippen LogP contribution in [0.15, 0.2) is 18.3 Å². The molecule has 0 radical (unpaired) electrons. The molecule has 0 spiro atoms. The first-order chi connectivity index (χ1) is 5.94. The highest BCUT2D eigenvalue weighted by Gasteiger charge is 2.31. The number of nitrogens with zero attached hydrogens (tertiary/aromatic N) is 1. The molecule has 0 saturated heterocycles. The van der Waals surface area contributed by atoms with Crippen molar-refractivity contribution in [3.63, 3.8) is 0 Å². The van der Waals surface area contributed by atoms with Crippen molar-refractivity contribution >= 4 is 11.7 Å². The Morgan fingerprint density at radius 3 is 2.77 bits per heavy atom. The number of nitrogen functional groups attached to an aromatic ring is 1. The molecule has 1 aromatic rings. The van der Waals surface area contributed by atoms with E-state index in [0.717, 1.165) is 0 Å². The first-order valence-corrected chi connectivity index (χ1v) is 3.69. The van der Waals surface area contributed by atoms with Crippen LogP contribution in [-0.4, -0.2) is 16.1 Å². The molecular weight excluding hydrogens is 170 g/mol. The van der Waals surface area contributed by atoms with E-state index in [1.54, 1.807) is 6.07 Å². The maximum atomic E-state index is 10.7. The third-order valence-corrected chi connectivity index (χ3v) is 1.76. The second-order valence-electron chi connectivity index (χ2n) is 2.98. The molecule has 1 atom stereocenters. The fourth-order valence-corrected chi connectivity index (χ4v) is 0.840. The number of carboxylic acids is 1. The molecular formula is C8H11N3O2. The van der Waals surface area contributed by atoms with Crippen LogP contribution in [0.2, 0.25) is 0 Å². The lowest BCUT2D eigenvalue weighted by atomic mass is 9.99. The molecule has 0 fully saturated rings. The van der Waals surface area contributed by atoms with E-state index in [0.29, 0.717) is 5.69 Å². The highest BCUT2D eigenvalue weighted by Crippen LogP contribution is 2.17. The summed E-state index contributed by atoms with van der Waals surface area (Å²) in [6.45, 7) is 1.37. The Morgan fingerprint density at radius 2 is 2.31 bits per heavy atom. The van der Waals surface area contributed by atoms with Crippen LogP contribution in [-0.2, 0) is 10.3 Å². The fourth-order valence-electron chi connectivity index (χ4n) is 0.840. The number of carboxylic acid groups (broad SMARTS) is 1. The molecule has 0 aliphatic rings. The van der Waals surface area contributed by atoms with Crippen LogP contribution in [0, 0.1) is 0 Å². The Morgan fingerprint density at radius 1 is 1.69 bits per heavy atom. The van der Waals surface area contributed by atoms with Crippen LogP contribution in [0.25, 0.3) is 0 Å².